The molecule has 51 heavy (non-hydrogen) atoms. The Morgan fingerprint density at radius 2 is 1.80 bits per heavy atom. The molecule has 1 aliphatic heterocycles. The zero-order chi connectivity index (χ0) is 35.5. The SMILES string of the molecule is CC1(C)C(C2=CCC(COc3cccnc3)(C(=O)O)CC2)=CC[C@@]2(C)C1CC[C@@]1(C)C3CC[C@@]4(NCCN5CCSCC5)CCC[C@@H]4[C@H]3CCC12. The Labute approximate surface area is 312 Å². The second kappa shape index (κ2) is 13.8. The second-order valence-electron chi connectivity index (χ2n) is 19.1. The molecular weight excluding hydrogens is 651 g/mol. The standard InChI is InChI=1S/C44H65N3O3S/c1-40(2)34(31-11-19-43(20-12-31,39(48)49)30-50-32-7-6-22-45-29-32)13-17-42(4)37(40)15-18-41(3)35-14-21-44(46-23-24-47-25-27-51-28-26-47)16-5-8-36(44)33(35)9-10-38(41)42/h6-7,11,13,22,29,33,35-38,46H,5,8-10,12,14-21,23-28,30H2,1-4H3,(H,48,49)/t33-,35?,36+,37?,38?,41-,42-,43?,44-/m0/s1. The number of nitrogens with one attached hydrogen (secondary N) is 1. The van der Waals surface area contributed by atoms with Crippen LogP contribution in [0.25, 0.3) is 0 Å². The lowest BCUT2D eigenvalue weighted by Crippen LogP contribution is -2.64. The Balaban J connectivity index is 0.970. The van der Waals surface area contributed by atoms with Crippen molar-refractivity contribution in [2.24, 2.45) is 51.2 Å². The number of carbonyl (C=O) groups is 1. The molecule has 4 unspecified atom stereocenters. The number of aliphatic carboxylic acids is 1. The lowest BCUT2D eigenvalue weighted by Gasteiger charge is -2.68. The largest absolute Gasteiger partial charge is 0.491 e. The average molecular weight is 716 g/mol. The summed E-state index contributed by atoms with van der Waals surface area (Å²) in [5.74, 6) is 6.58. The van der Waals surface area contributed by atoms with Crippen LogP contribution in [0.4, 0.5) is 0 Å². The zero-order valence-corrected chi connectivity index (χ0v) is 32.9. The van der Waals surface area contributed by atoms with Crippen LogP contribution in [0.3, 0.4) is 0 Å². The summed E-state index contributed by atoms with van der Waals surface area (Å²) in [6.45, 7) is 15.6. The lowest BCUT2D eigenvalue weighted by molar-refractivity contribution is -0.175. The van der Waals surface area contributed by atoms with Gasteiger partial charge in [-0.3, -0.25) is 9.78 Å². The van der Waals surface area contributed by atoms with Crippen molar-refractivity contribution in [3.63, 3.8) is 0 Å². The highest BCUT2D eigenvalue weighted by Crippen LogP contribution is 2.72. The third-order valence-electron chi connectivity index (χ3n) is 16.7. The number of pyridine rings is 1. The van der Waals surface area contributed by atoms with Crippen LogP contribution in [0.15, 0.2) is 47.8 Å². The number of rotatable bonds is 9. The van der Waals surface area contributed by atoms with E-state index in [0.29, 0.717) is 40.9 Å². The summed E-state index contributed by atoms with van der Waals surface area (Å²) in [4.78, 5) is 19.5. The number of nitrogens with zero attached hydrogens (tertiary/aromatic N) is 2. The Bertz CT molecular complexity index is 1510. The molecule has 1 aromatic rings. The number of carboxylic acid groups (broad SMARTS) is 1. The minimum atomic E-state index is -0.891. The number of thioether (sulfide) groups is 1. The van der Waals surface area contributed by atoms with E-state index in [9.17, 15) is 9.90 Å². The first-order valence-corrected chi connectivity index (χ1v) is 21.9. The van der Waals surface area contributed by atoms with Crippen molar-refractivity contribution in [1.29, 1.82) is 0 Å². The lowest BCUT2D eigenvalue weighted by atomic mass is 9.37. The molecule has 280 valence electrons. The van der Waals surface area contributed by atoms with Crippen molar-refractivity contribution in [3.8, 4) is 5.75 Å². The van der Waals surface area contributed by atoms with E-state index >= 15 is 0 Å². The maximum atomic E-state index is 12.6. The van der Waals surface area contributed by atoms with E-state index in [2.05, 4.69) is 66.8 Å². The van der Waals surface area contributed by atoms with Gasteiger partial charge >= 0.3 is 5.97 Å². The third kappa shape index (κ3) is 6.15. The minimum Gasteiger partial charge on any atom is -0.491 e. The maximum Gasteiger partial charge on any atom is 0.313 e. The van der Waals surface area contributed by atoms with Gasteiger partial charge in [-0.1, -0.05) is 46.3 Å². The Kier molecular flexibility index (Phi) is 9.78. The zero-order valence-electron chi connectivity index (χ0n) is 32.1. The molecule has 0 aromatic carbocycles. The first kappa shape index (κ1) is 36.2. The van der Waals surface area contributed by atoms with E-state index < -0.39 is 11.4 Å². The molecule has 0 bridgehead atoms. The van der Waals surface area contributed by atoms with Gasteiger partial charge in [0.1, 0.15) is 17.8 Å². The molecule has 8 rings (SSSR count). The number of allylic oxidation sites excluding steroid dienone is 4. The van der Waals surface area contributed by atoms with Crippen molar-refractivity contribution in [2.45, 2.75) is 117 Å². The molecule has 9 atom stereocenters. The fraction of sp³-hybridized carbons (Fsp3) is 0.773. The van der Waals surface area contributed by atoms with Gasteiger partial charge in [0.05, 0.1) is 6.20 Å². The number of carboxylic acids is 1. The fourth-order valence-electron chi connectivity index (χ4n) is 14.1. The molecule has 7 aliphatic rings. The minimum absolute atomic E-state index is 0.0799. The molecule has 6 nitrogen and oxygen atoms in total. The molecule has 1 saturated heterocycles. The Morgan fingerprint density at radius 3 is 2.55 bits per heavy atom. The number of aromatic nitrogens is 1. The van der Waals surface area contributed by atoms with Crippen LogP contribution in [-0.2, 0) is 4.79 Å². The molecule has 7 heteroatoms. The highest BCUT2D eigenvalue weighted by molar-refractivity contribution is 7.99. The molecule has 5 fully saturated rings. The quantitative estimate of drug-likeness (QED) is 0.264. The number of ether oxygens (including phenoxy) is 1. The van der Waals surface area contributed by atoms with Crippen LogP contribution in [-0.4, -0.2) is 70.8 Å². The van der Waals surface area contributed by atoms with Crippen LogP contribution >= 0.6 is 11.8 Å². The van der Waals surface area contributed by atoms with E-state index in [1.165, 1.54) is 113 Å². The monoisotopic (exact) mass is 715 g/mol. The summed E-state index contributed by atoms with van der Waals surface area (Å²) >= 11 is 2.12. The first-order chi connectivity index (χ1) is 24.5. The Hall–Kier alpha value is -1.83. The van der Waals surface area contributed by atoms with E-state index in [-0.39, 0.29) is 12.0 Å². The first-order valence-electron chi connectivity index (χ1n) is 20.7. The highest BCUT2D eigenvalue weighted by Gasteiger charge is 2.65. The molecular formula is C44H65N3O3S. The van der Waals surface area contributed by atoms with Crippen molar-refractivity contribution < 1.29 is 14.6 Å². The van der Waals surface area contributed by atoms with Crippen molar-refractivity contribution >= 4 is 17.7 Å². The molecule has 2 N–H and O–H groups in total. The number of hydrogen-bond acceptors (Lipinski definition) is 6. The summed E-state index contributed by atoms with van der Waals surface area (Å²) in [5.41, 5.74) is 3.25. The van der Waals surface area contributed by atoms with Gasteiger partial charge in [-0.05, 0) is 146 Å². The highest BCUT2D eigenvalue weighted by atomic mass is 32.2. The predicted molar refractivity (Wildman–Crippen MR) is 208 cm³/mol. The summed E-state index contributed by atoms with van der Waals surface area (Å²) in [6, 6.07) is 3.68. The van der Waals surface area contributed by atoms with Crippen LogP contribution in [0, 0.1) is 51.2 Å². The third-order valence-corrected chi connectivity index (χ3v) is 17.6. The normalized spacial score (nSPS) is 42.0. The van der Waals surface area contributed by atoms with E-state index in [4.69, 9.17) is 4.74 Å². The van der Waals surface area contributed by atoms with Gasteiger partial charge in [0.25, 0.3) is 0 Å². The van der Waals surface area contributed by atoms with Crippen LogP contribution in [0.1, 0.15) is 111 Å². The van der Waals surface area contributed by atoms with E-state index in [0.717, 1.165) is 30.1 Å². The number of fused-ring (bicyclic) bond motifs is 7. The van der Waals surface area contributed by atoms with Gasteiger partial charge in [-0.25, -0.2) is 0 Å². The van der Waals surface area contributed by atoms with Gasteiger partial charge in [-0.2, -0.15) is 11.8 Å². The fourth-order valence-corrected chi connectivity index (χ4v) is 15.1. The maximum absolute atomic E-state index is 12.6. The molecule has 2 heterocycles. The predicted octanol–water partition coefficient (Wildman–Crippen LogP) is 9.03. The smallest absolute Gasteiger partial charge is 0.313 e. The Morgan fingerprint density at radius 1 is 0.961 bits per heavy atom. The van der Waals surface area contributed by atoms with E-state index in [1.54, 1.807) is 12.4 Å². The summed E-state index contributed by atoms with van der Waals surface area (Å²) < 4.78 is 5.99. The molecule has 0 radical (unpaired) electrons. The van der Waals surface area contributed by atoms with Gasteiger partial charge < -0.3 is 20.1 Å². The number of hydrogen-bond donors (Lipinski definition) is 2. The van der Waals surface area contributed by atoms with Crippen molar-refractivity contribution in [3.05, 3.63) is 47.8 Å². The molecule has 1 aromatic heterocycles. The second-order valence-corrected chi connectivity index (χ2v) is 20.3. The summed E-state index contributed by atoms with van der Waals surface area (Å²) in [7, 11) is 0. The molecule has 4 saturated carbocycles. The average Bonchev–Trinajstić information content (AvgIpc) is 3.56. The summed E-state index contributed by atoms with van der Waals surface area (Å²) in [6.07, 6.45) is 24.0. The van der Waals surface area contributed by atoms with Crippen LogP contribution < -0.4 is 10.1 Å². The molecule has 0 amide bonds. The van der Waals surface area contributed by atoms with Crippen LogP contribution in [0.5, 0.6) is 5.75 Å². The van der Waals surface area contributed by atoms with Gasteiger partial charge in [0.2, 0.25) is 0 Å². The topological polar surface area (TPSA) is 74.7 Å². The van der Waals surface area contributed by atoms with Gasteiger partial charge in [0, 0.05) is 49.4 Å². The van der Waals surface area contributed by atoms with Gasteiger partial charge in [-0.15, -0.1) is 0 Å². The van der Waals surface area contributed by atoms with Crippen LogP contribution in [0.2, 0.25) is 0 Å². The molecule has 0 spiro atoms. The van der Waals surface area contributed by atoms with E-state index in [1.807, 2.05) is 12.1 Å². The van der Waals surface area contributed by atoms with Gasteiger partial charge in [0.15, 0.2) is 0 Å². The summed E-state index contributed by atoms with van der Waals surface area (Å²) in [5, 5.41) is 14.7. The van der Waals surface area contributed by atoms with Crippen molar-refractivity contribution in [2.75, 3.05) is 44.3 Å². The molecule has 6 aliphatic carbocycles. The van der Waals surface area contributed by atoms with Crippen molar-refractivity contribution in [1.82, 2.24) is 15.2 Å².